The Morgan fingerprint density at radius 1 is 0.714 bits per heavy atom. The quantitative estimate of drug-likeness (QED) is 0.551. The summed E-state index contributed by atoms with van der Waals surface area (Å²) in [6.45, 7) is 0. The van der Waals surface area contributed by atoms with Gasteiger partial charge in [-0.05, 0) is 0 Å². The minimum atomic E-state index is -1.15. The molecule has 0 amide bonds. The van der Waals surface area contributed by atoms with Crippen LogP contribution >= 0.6 is 0 Å². The maximum atomic E-state index is 12.0. The molecule has 0 unspecified atom stereocenters. The van der Waals surface area contributed by atoms with Crippen LogP contribution in [0.25, 0.3) is 5.76 Å². The predicted molar refractivity (Wildman–Crippen MR) is 68.8 cm³/mol. The zero-order valence-corrected chi connectivity index (χ0v) is 11.4. The summed E-state index contributed by atoms with van der Waals surface area (Å²) in [4.78, 5) is 23.8. The van der Waals surface area contributed by atoms with Gasteiger partial charge in [-0.1, -0.05) is 0 Å². The van der Waals surface area contributed by atoms with Crippen molar-refractivity contribution in [3.05, 3.63) is 16.9 Å². The van der Waals surface area contributed by atoms with E-state index in [9.17, 15) is 24.9 Å². The van der Waals surface area contributed by atoms with Crippen molar-refractivity contribution in [3.63, 3.8) is 0 Å². The molecule has 0 spiro atoms. The highest BCUT2D eigenvalue weighted by atomic mass is 16.5. The fourth-order valence-electron chi connectivity index (χ4n) is 2.14. The van der Waals surface area contributed by atoms with Crippen LogP contribution < -0.4 is 9.47 Å². The van der Waals surface area contributed by atoms with E-state index in [0.717, 1.165) is 7.11 Å². The molecule has 0 aromatic heterocycles. The number of hydrogen-bond donors (Lipinski definition) is 3. The Hall–Kier alpha value is -2.90. The van der Waals surface area contributed by atoms with Crippen molar-refractivity contribution in [2.45, 2.75) is 0 Å². The Balaban J connectivity index is 2.97. The lowest BCUT2D eigenvalue weighted by Gasteiger charge is -2.21. The highest BCUT2D eigenvalue weighted by Crippen LogP contribution is 2.52. The van der Waals surface area contributed by atoms with Gasteiger partial charge in [0.1, 0.15) is 0 Å². The van der Waals surface area contributed by atoms with Crippen LogP contribution in [0.15, 0.2) is 5.76 Å². The van der Waals surface area contributed by atoms with Crippen molar-refractivity contribution in [3.8, 4) is 23.0 Å². The lowest BCUT2D eigenvalue weighted by atomic mass is 9.90. The maximum absolute atomic E-state index is 12.0. The van der Waals surface area contributed by atoms with Crippen LogP contribution in [-0.2, 0) is 9.53 Å². The summed E-state index contributed by atoms with van der Waals surface area (Å²) in [5, 5.41) is 30.2. The number of phenols is 2. The van der Waals surface area contributed by atoms with Crippen molar-refractivity contribution in [1.82, 2.24) is 0 Å². The van der Waals surface area contributed by atoms with Crippen molar-refractivity contribution >= 4 is 17.3 Å². The van der Waals surface area contributed by atoms with E-state index < -0.39 is 45.7 Å². The summed E-state index contributed by atoms with van der Waals surface area (Å²) >= 11 is 0. The molecule has 1 aromatic rings. The van der Waals surface area contributed by atoms with Crippen LogP contribution in [0.4, 0.5) is 0 Å². The SMILES string of the molecule is COC1=C(O)c2c(O)c(OC)c(OC)c(O)c2C(=O)C1=O. The number of methoxy groups -OCH3 is 3. The Kier molecular flexibility index (Phi) is 3.38. The average Bonchev–Trinajstić information content (AvgIpc) is 2.46. The lowest BCUT2D eigenvalue weighted by molar-refractivity contribution is -0.114. The largest absolute Gasteiger partial charge is 0.504 e. The molecule has 3 N–H and O–H groups in total. The zero-order chi connectivity index (χ0) is 15.9. The van der Waals surface area contributed by atoms with Crippen LogP contribution in [0.3, 0.4) is 0 Å². The minimum Gasteiger partial charge on any atom is -0.504 e. The topological polar surface area (TPSA) is 123 Å². The van der Waals surface area contributed by atoms with E-state index in [1.165, 1.54) is 14.2 Å². The van der Waals surface area contributed by atoms with Gasteiger partial charge >= 0.3 is 0 Å². The second-order valence-electron chi connectivity index (χ2n) is 4.05. The van der Waals surface area contributed by atoms with Gasteiger partial charge in [0, 0.05) is 0 Å². The number of hydrogen-bond acceptors (Lipinski definition) is 8. The number of Topliss-reactive ketones (excluding diaryl/α,β-unsaturated/α-hetero) is 2. The number of aromatic hydroxyl groups is 2. The number of ether oxygens (including phenoxy) is 3. The average molecular weight is 296 g/mol. The van der Waals surface area contributed by atoms with Crippen molar-refractivity contribution < 1.29 is 39.1 Å². The van der Waals surface area contributed by atoms with Crippen LogP contribution in [0.5, 0.6) is 23.0 Å². The number of aliphatic hydroxyl groups excluding tert-OH is 1. The molecule has 0 atom stereocenters. The van der Waals surface area contributed by atoms with Crippen LogP contribution in [-0.4, -0.2) is 48.2 Å². The summed E-state index contributed by atoms with van der Waals surface area (Å²) in [5.74, 6) is -5.70. The van der Waals surface area contributed by atoms with E-state index >= 15 is 0 Å². The van der Waals surface area contributed by atoms with Crippen LogP contribution in [0.1, 0.15) is 15.9 Å². The van der Waals surface area contributed by atoms with Gasteiger partial charge < -0.3 is 29.5 Å². The predicted octanol–water partition coefficient (Wildman–Crippen LogP) is 0.753. The molecular formula is C13H12O8. The molecule has 0 saturated carbocycles. The van der Waals surface area contributed by atoms with Crippen molar-refractivity contribution in [1.29, 1.82) is 0 Å². The van der Waals surface area contributed by atoms with E-state index in [0.29, 0.717) is 0 Å². The van der Waals surface area contributed by atoms with E-state index in [-0.39, 0.29) is 11.5 Å². The molecule has 0 heterocycles. The lowest BCUT2D eigenvalue weighted by Crippen LogP contribution is -2.25. The third-order valence-electron chi connectivity index (χ3n) is 3.06. The fourth-order valence-corrected chi connectivity index (χ4v) is 2.14. The summed E-state index contributed by atoms with van der Waals surface area (Å²) in [5.41, 5.74) is -1.03. The van der Waals surface area contributed by atoms with Gasteiger partial charge in [0.2, 0.25) is 23.0 Å². The normalized spacial score (nSPS) is 14.0. The molecule has 0 saturated heterocycles. The number of rotatable bonds is 3. The third-order valence-corrected chi connectivity index (χ3v) is 3.06. The molecule has 0 radical (unpaired) electrons. The van der Waals surface area contributed by atoms with Gasteiger partial charge in [-0.3, -0.25) is 9.59 Å². The molecule has 2 rings (SSSR count). The molecule has 0 bridgehead atoms. The number of aliphatic hydroxyl groups is 1. The third kappa shape index (κ3) is 1.76. The van der Waals surface area contributed by atoms with Gasteiger partial charge in [-0.15, -0.1) is 0 Å². The number of benzene rings is 1. The Morgan fingerprint density at radius 3 is 1.62 bits per heavy atom. The first-order valence-electron chi connectivity index (χ1n) is 5.67. The number of phenolic OH excluding ortho intramolecular Hbond substituents is 2. The van der Waals surface area contributed by atoms with E-state index in [1.54, 1.807) is 0 Å². The van der Waals surface area contributed by atoms with Crippen LogP contribution in [0.2, 0.25) is 0 Å². The second kappa shape index (κ2) is 4.89. The fraction of sp³-hybridized carbons (Fsp3) is 0.231. The molecule has 1 aliphatic carbocycles. The highest BCUT2D eigenvalue weighted by molar-refractivity contribution is 6.52. The van der Waals surface area contributed by atoms with Gasteiger partial charge in [0.05, 0.1) is 32.5 Å². The monoisotopic (exact) mass is 296 g/mol. The first-order valence-corrected chi connectivity index (χ1v) is 5.67. The summed E-state index contributed by atoms with van der Waals surface area (Å²) in [6, 6.07) is 0. The van der Waals surface area contributed by atoms with E-state index in [1.807, 2.05) is 0 Å². The number of carbonyl (C=O) groups excluding carboxylic acids is 2. The molecule has 112 valence electrons. The molecule has 1 aromatic carbocycles. The Labute approximate surface area is 118 Å². The summed E-state index contributed by atoms with van der Waals surface area (Å²) < 4.78 is 14.4. The molecule has 21 heavy (non-hydrogen) atoms. The van der Waals surface area contributed by atoms with Gasteiger partial charge in [0.15, 0.2) is 17.3 Å². The number of fused-ring (bicyclic) bond motifs is 1. The Bertz CT molecular complexity index is 686. The zero-order valence-electron chi connectivity index (χ0n) is 11.4. The number of carbonyl (C=O) groups is 2. The molecule has 1 aliphatic rings. The van der Waals surface area contributed by atoms with Crippen molar-refractivity contribution in [2.75, 3.05) is 21.3 Å². The van der Waals surface area contributed by atoms with E-state index in [4.69, 9.17) is 9.47 Å². The van der Waals surface area contributed by atoms with Crippen LogP contribution in [0, 0.1) is 0 Å². The first kappa shape index (κ1) is 14.5. The smallest absolute Gasteiger partial charge is 0.272 e. The molecular weight excluding hydrogens is 284 g/mol. The van der Waals surface area contributed by atoms with Gasteiger partial charge in [-0.2, -0.15) is 0 Å². The number of ketones is 2. The molecule has 0 fully saturated rings. The maximum Gasteiger partial charge on any atom is 0.272 e. The number of allylic oxidation sites excluding steroid dienone is 1. The Morgan fingerprint density at radius 2 is 1.19 bits per heavy atom. The molecule has 8 nitrogen and oxygen atoms in total. The summed E-state index contributed by atoms with van der Waals surface area (Å²) in [7, 11) is 3.45. The molecule has 8 heteroatoms. The van der Waals surface area contributed by atoms with Gasteiger partial charge in [-0.25, -0.2) is 0 Å². The van der Waals surface area contributed by atoms with Crippen molar-refractivity contribution in [2.24, 2.45) is 0 Å². The second-order valence-corrected chi connectivity index (χ2v) is 4.05. The standard InChI is InChI=1S/C13H12O8/c1-19-11-7(15)5-4(6(14)10(11)18)8(16)12(20-2)13(21-3)9(5)17/h15-17H,1-3H3. The van der Waals surface area contributed by atoms with Gasteiger partial charge in [0.25, 0.3) is 5.78 Å². The van der Waals surface area contributed by atoms with E-state index in [2.05, 4.69) is 4.74 Å². The molecule has 0 aliphatic heterocycles. The summed E-state index contributed by atoms with van der Waals surface area (Å²) in [6.07, 6.45) is 0. The highest BCUT2D eigenvalue weighted by Gasteiger charge is 2.41. The minimum absolute atomic E-state index is 0.294. The first-order chi connectivity index (χ1) is 9.90.